The Labute approximate surface area is 245 Å². The summed E-state index contributed by atoms with van der Waals surface area (Å²) in [5.74, 6) is -1.42. The summed E-state index contributed by atoms with van der Waals surface area (Å²) in [7, 11) is 0. The number of imide groups is 1. The highest BCUT2D eigenvalue weighted by atomic mass is 19.4. The highest BCUT2D eigenvalue weighted by Crippen LogP contribution is 2.47. The van der Waals surface area contributed by atoms with Gasteiger partial charge in [-0.3, -0.25) is 9.59 Å². The van der Waals surface area contributed by atoms with E-state index in [0.717, 1.165) is 34.7 Å². The van der Waals surface area contributed by atoms with Crippen LogP contribution in [0.3, 0.4) is 0 Å². The minimum absolute atomic E-state index is 0.0146. The third-order valence-electron chi connectivity index (χ3n) is 7.79. The smallest absolute Gasteiger partial charge is 0.308 e. The molecular formula is C34H18F6N2O2. The van der Waals surface area contributed by atoms with Crippen molar-refractivity contribution in [2.24, 2.45) is 0 Å². The second kappa shape index (κ2) is 9.57. The number of carbonyl (C=O) groups excluding carboxylic acids is 2. The van der Waals surface area contributed by atoms with E-state index in [0.29, 0.717) is 5.56 Å². The normalized spacial score (nSPS) is 13.7. The molecule has 1 aliphatic heterocycles. The van der Waals surface area contributed by atoms with E-state index in [2.05, 4.69) is 0 Å². The van der Waals surface area contributed by atoms with E-state index >= 15 is 0 Å². The number of carbonyl (C=O) groups is 2. The van der Waals surface area contributed by atoms with Crippen LogP contribution in [0.1, 0.15) is 31.8 Å². The van der Waals surface area contributed by atoms with Gasteiger partial charge in [0.25, 0.3) is 11.8 Å². The lowest BCUT2D eigenvalue weighted by Crippen LogP contribution is -2.30. The molecule has 0 saturated carbocycles. The van der Waals surface area contributed by atoms with Crippen LogP contribution in [-0.2, 0) is 12.4 Å². The quantitative estimate of drug-likeness (QED) is 0.150. The molecule has 44 heavy (non-hydrogen) atoms. The van der Waals surface area contributed by atoms with Gasteiger partial charge in [0.15, 0.2) is 0 Å². The van der Waals surface area contributed by atoms with Gasteiger partial charge in [-0.2, -0.15) is 26.3 Å². The molecule has 1 aliphatic rings. The fraction of sp³-hybridized carbons (Fsp3) is 0.0588. The van der Waals surface area contributed by atoms with Crippen LogP contribution >= 0.6 is 0 Å². The SMILES string of the molecule is O=C1c2cccc(-n3c4cccc(C(F)(F)F)c4c4c(C(F)(F)F)cccc43)c2C(=O)N1c1ccccc1-c1ccccc1. The first-order valence-electron chi connectivity index (χ1n) is 13.4. The zero-order valence-electron chi connectivity index (χ0n) is 22.4. The molecule has 0 aliphatic carbocycles. The molecule has 2 heterocycles. The maximum absolute atomic E-state index is 14.2. The number of benzene rings is 5. The van der Waals surface area contributed by atoms with Gasteiger partial charge in [-0.05, 0) is 48.0 Å². The van der Waals surface area contributed by atoms with Crippen molar-refractivity contribution in [3.63, 3.8) is 0 Å². The second-order valence-electron chi connectivity index (χ2n) is 10.3. The second-order valence-corrected chi connectivity index (χ2v) is 10.3. The van der Waals surface area contributed by atoms with Gasteiger partial charge in [-0.25, -0.2) is 4.90 Å². The van der Waals surface area contributed by atoms with Crippen LogP contribution in [0.4, 0.5) is 32.0 Å². The van der Waals surface area contributed by atoms with Crippen molar-refractivity contribution in [1.82, 2.24) is 4.57 Å². The van der Waals surface area contributed by atoms with Gasteiger partial charge in [0.2, 0.25) is 0 Å². The lowest BCUT2D eigenvalue weighted by atomic mass is 10.0. The van der Waals surface area contributed by atoms with Crippen LogP contribution in [0.15, 0.2) is 109 Å². The number of hydrogen-bond acceptors (Lipinski definition) is 2. The third kappa shape index (κ3) is 4.01. The molecule has 5 aromatic carbocycles. The maximum Gasteiger partial charge on any atom is 0.417 e. The van der Waals surface area contributed by atoms with Crippen LogP contribution in [0.25, 0.3) is 38.6 Å². The van der Waals surface area contributed by atoms with E-state index in [9.17, 15) is 35.9 Å². The monoisotopic (exact) mass is 600 g/mol. The first-order chi connectivity index (χ1) is 21.0. The standard InChI is InChI=1S/C34H18F6N2O2/c35-33(36,37)22-13-7-17-26-29(22)30-23(34(38,39)40)14-8-18-27(30)41(26)25-16-6-12-21-28(25)32(44)42(31(21)43)24-15-5-4-11-20(24)19-9-2-1-3-10-19/h1-18H. The van der Waals surface area contributed by atoms with E-state index in [1.165, 1.54) is 34.9 Å². The highest BCUT2D eigenvalue weighted by Gasteiger charge is 2.42. The van der Waals surface area contributed by atoms with Crippen molar-refractivity contribution in [2.75, 3.05) is 4.90 Å². The van der Waals surface area contributed by atoms with Crippen LogP contribution in [-0.4, -0.2) is 16.4 Å². The van der Waals surface area contributed by atoms with E-state index in [1.54, 1.807) is 36.4 Å². The first kappa shape index (κ1) is 27.5. The molecule has 0 unspecified atom stereocenters. The summed E-state index contributed by atoms with van der Waals surface area (Å²) in [4.78, 5) is 29.0. The van der Waals surface area contributed by atoms with Gasteiger partial charge in [0, 0.05) is 16.3 Å². The zero-order valence-corrected chi connectivity index (χ0v) is 22.4. The molecule has 7 rings (SSSR count). The molecule has 1 aromatic heterocycles. The molecule has 6 aromatic rings. The molecule has 0 fully saturated rings. The summed E-state index contributed by atoms with van der Waals surface area (Å²) >= 11 is 0. The molecule has 4 nitrogen and oxygen atoms in total. The Kier molecular flexibility index (Phi) is 5.97. The van der Waals surface area contributed by atoms with Crippen LogP contribution in [0, 0.1) is 0 Å². The summed E-state index contributed by atoms with van der Waals surface area (Å²) in [6.45, 7) is 0. The van der Waals surface area contributed by atoms with Crippen LogP contribution < -0.4 is 4.90 Å². The Bertz CT molecular complexity index is 2070. The molecule has 0 atom stereocenters. The third-order valence-corrected chi connectivity index (χ3v) is 7.79. The topological polar surface area (TPSA) is 42.3 Å². The number of fused-ring (bicyclic) bond motifs is 4. The number of anilines is 1. The van der Waals surface area contributed by atoms with Crippen molar-refractivity contribution in [2.45, 2.75) is 12.4 Å². The van der Waals surface area contributed by atoms with Gasteiger partial charge in [0.05, 0.1) is 44.7 Å². The number of rotatable bonds is 3. The first-order valence-corrected chi connectivity index (χ1v) is 13.4. The van der Waals surface area contributed by atoms with E-state index < -0.39 is 46.1 Å². The Morgan fingerprint density at radius 3 is 1.57 bits per heavy atom. The summed E-state index contributed by atoms with van der Waals surface area (Å²) in [6, 6.07) is 26.3. The van der Waals surface area contributed by atoms with Gasteiger partial charge in [0.1, 0.15) is 0 Å². The zero-order chi connectivity index (χ0) is 31.0. The molecule has 0 N–H and O–H groups in total. The van der Waals surface area contributed by atoms with Crippen molar-refractivity contribution in [3.05, 3.63) is 131 Å². The number of hydrogen-bond donors (Lipinski definition) is 0. The molecule has 0 bridgehead atoms. The number of nitrogens with zero attached hydrogens (tertiary/aromatic N) is 2. The van der Waals surface area contributed by atoms with Crippen molar-refractivity contribution in [1.29, 1.82) is 0 Å². The van der Waals surface area contributed by atoms with Crippen molar-refractivity contribution >= 4 is 39.3 Å². The summed E-state index contributed by atoms with van der Waals surface area (Å²) < 4.78 is 86.6. The van der Waals surface area contributed by atoms with Gasteiger partial charge in [-0.1, -0.05) is 66.7 Å². The van der Waals surface area contributed by atoms with Crippen molar-refractivity contribution in [3.8, 4) is 16.8 Å². The molecular weight excluding hydrogens is 582 g/mol. The fourth-order valence-electron chi connectivity index (χ4n) is 6.04. The average molecular weight is 601 g/mol. The van der Waals surface area contributed by atoms with Gasteiger partial charge in [-0.15, -0.1) is 0 Å². The maximum atomic E-state index is 14.2. The fourth-order valence-corrected chi connectivity index (χ4v) is 6.04. The van der Waals surface area contributed by atoms with E-state index in [-0.39, 0.29) is 33.5 Å². The number of halogens is 6. The molecule has 10 heteroatoms. The predicted molar refractivity (Wildman–Crippen MR) is 154 cm³/mol. The Balaban J connectivity index is 1.52. The van der Waals surface area contributed by atoms with Crippen LogP contribution in [0.2, 0.25) is 0 Å². The van der Waals surface area contributed by atoms with Gasteiger partial charge >= 0.3 is 12.4 Å². The summed E-state index contributed by atoms with van der Waals surface area (Å²) in [5, 5.41) is -1.30. The molecule has 0 spiro atoms. The number of aromatic nitrogens is 1. The predicted octanol–water partition coefficient (Wildman–Crippen LogP) is 9.29. The van der Waals surface area contributed by atoms with Crippen molar-refractivity contribution < 1.29 is 35.9 Å². The van der Waals surface area contributed by atoms with Gasteiger partial charge < -0.3 is 4.57 Å². The molecule has 2 amide bonds. The molecule has 0 radical (unpaired) electrons. The Morgan fingerprint density at radius 1 is 0.477 bits per heavy atom. The Morgan fingerprint density at radius 2 is 0.977 bits per heavy atom. The largest absolute Gasteiger partial charge is 0.417 e. The number of amides is 2. The lowest BCUT2D eigenvalue weighted by molar-refractivity contribution is -0.138. The highest BCUT2D eigenvalue weighted by molar-refractivity contribution is 6.36. The lowest BCUT2D eigenvalue weighted by Gasteiger charge is -2.18. The van der Waals surface area contributed by atoms with E-state index in [4.69, 9.17) is 0 Å². The summed E-state index contributed by atoms with van der Waals surface area (Å²) in [6.07, 6.45) is -9.95. The minimum Gasteiger partial charge on any atom is -0.308 e. The van der Waals surface area contributed by atoms with E-state index in [1.807, 2.05) is 18.2 Å². The Hall–Kier alpha value is -5.38. The number of para-hydroxylation sites is 1. The molecule has 0 saturated heterocycles. The average Bonchev–Trinajstić information content (AvgIpc) is 3.47. The minimum atomic E-state index is -4.97. The number of alkyl halides is 6. The molecule has 218 valence electrons. The summed E-state index contributed by atoms with van der Waals surface area (Å²) in [5.41, 5.74) is -1.43. The van der Waals surface area contributed by atoms with Crippen LogP contribution in [0.5, 0.6) is 0 Å².